The molecule has 4 aliphatic rings. The second-order valence-electron chi connectivity index (χ2n) is 10.9. The maximum Gasteiger partial charge on any atom is 0.281 e. The van der Waals surface area contributed by atoms with Crippen LogP contribution in [0.15, 0.2) is 41.4 Å². The number of pyridine rings is 1. The molecular weight excluding hydrogens is 574 g/mol. The van der Waals surface area contributed by atoms with Crippen molar-refractivity contribution in [1.82, 2.24) is 9.71 Å². The van der Waals surface area contributed by atoms with Gasteiger partial charge in [-0.25, -0.2) is 18.5 Å². The van der Waals surface area contributed by atoms with Gasteiger partial charge in [0.05, 0.1) is 11.8 Å². The fraction of sp³-hybridized carbons (Fsp3) is 0.520. The van der Waals surface area contributed by atoms with Crippen molar-refractivity contribution >= 4 is 52.5 Å². The number of aromatic nitrogens is 1. The number of aliphatic hydroxyl groups is 1. The highest BCUT2D eigenvalue weighted by Gasteiger charge is 2.62. The Morgan fingerprint density at radius 3 is 2.49 bits per heavy atom. The van der Waals surface area contributed by atoms with E-state index in [0.29, 0.717) is 67.7 Å². The van der Waals surface area contributed by atoms with Crippen LogP contribution in [-0.2, 0) is 14.8 Å². The number of anilines is 2. The predicted molar refractivity (Wildman–Crippen MR) is 146 cm³/mol. The molecule has 1 spiro atoms. The number of alkyl halides is 2. The van der Waals surface area contributed by atoms with E-state index in [0.717, 1.165) is 0 Å². The number of hydrogen-bond donors (Lipinski definition) is 2. The van der Waals surface area contributed by atoms with Gasteiger partial charge in [0.1, 0.15) is 11.6 Å². The minimum absolute atomic E-state index is 0. The zero-order chi connectivity index (χ0) is 26.9. The number of carbonyl (C=O) groups is 1. The average molecular weight is 603 g/mol. The third-order valence-electron chi connectivity index (χ3n) is 7.70. The summed E-state index contributed by atoms with van der Waals surface area (Å²) in [5.41, 5.74) is -1.17. The predicted octanol–water partition coefficient (Wildman–Crippen LogP) is 3.07. The van der Waals surface area contributed by atoms with Crippen LogP contribution in [0.5, 0.6) is 5.75 Å². The van der Waals surface area contributed by atoms with Gasteiger partial charge in [0.25, 0.3) is 15.9 Å². The highest BCUT2D eigenvalue weighted by molar-refractivity contribution is 7.90. The van der Waals surface area contributed by atoms with Crippen LogP contribution in [0.2, 0.25) is 5.02 Å². The first kappa shape index (κ1) is 28.2. The lowest BCUT2D eigenvalue weighted by atomic mass is 9.61. The smallest absolute Gasteiger partial charge is 0.281 e. The number of rotatable bonds is 7. The van der Waals surface area contributed by atoms with Gasteiger partial charge in [-0.05, 0) is 30.7 Å². The third kappa shape index (κ3) is 5.38. The summed E-state index contributed by atoms with van der Waals surface area (Å²) < 4.78 is 61.2. The first-order valence-corrected chi connectivity index (χ1v) is 14.3. The van der Waals surface area contributed by atoms with Crippen molar-refractivity contribution in [2.75, 3.05) is 36.0 Å². The Labute approximate surface area is 237 Å². The van der Waals surface area contributed by atoms with Crippen LogP contribution in [0.1, 0.15) is 32.1 Å². The normalized spacial score (nSPS) is 23.8. The van der Waals surface area contributed by atoms with Crippen molar-refractivity contribution in [3.05, 3.63) is 41.4 Å². The van der Waals surface area contributed by atoms with E-state index in [1.807, 2.05) is 4.90 Å². The first-order valence-electron chi connectivity index (χ1n) is 12.5. The van der Waals surface area contributed by atoms with Gasteiger partial charge in [-0.3, -0.25) is 4.79 Å². The Bertz CT molecular complexity index is 1390. The molecule has 1 atom stereocenters. The van der Waals surface area contributed by atoms with Gasteiger partial charge < -0.3 is 19.6 Å². The molecule has 4 fully saturated rings. The van der Waals surface area contributed by atoms with E-state index in [2.05, 4.69) is 9.71 Å². The van der Waals surface area contributed by atoms with Crippen LogP contribution >= 0.6 is 25.1 Å². The molecule has 2 N–H and O–H groups in total. The Kier molecular flexibility index (Phi) is 6.96. The molecule has 3 heterocycles. The van der Waals surface area contributed by atoms with E-state index in [4.69, 9.17) is 16.3 Å². The number of sulfonamides is 1. The monoisotopic (exact) mass is 602 g/mol. The van der Waals surface area contributed by atoms with Gasteiger partial charge in [-0.1, -0.05) is 17.7 Å². The van der Waals surface area contributed by atoms with E-state index in [9.17, 15) is 27.1 Å². The molecule has 1 aromatic heterocycles. The maximum absolute atomic E-state index is 13.4. The Morgan fingerprint density at radius 1 is 1.15 bits per heavy atom. The number of nitrogens with zero attached hydrogens (tertiary/aromatic N) is 3. The molecular formula is C25H29ClF2N4O5S2. The lowest BCUT2D eigenvalue weighted by Gasteiger charge is -2.59. The van der Waals surface area contributed by atoms with Crippen molar-refractivity contribution < 1.29 is 31.8 Å². The van der Waals surface area contributed by atoms with Crippen LogP contribution in [0.3, 0.4) is 0 Å². The van der Waals surface area contributed by atoms with Crippen molar-refractivity contribution in [3.63, 3.8) is 0 Å². The largest absolute Gasteiger partial charge is 0.475 e. The number of nitrogens with one attached hydrogen (secondary N) is 1. The van der Waals surface area contributed by atoms with Crippen LogP contribution in [0.4, 0.5) is 20.3 Å². The van der Waals surface area contributed by atoms with Crippen LogP contribution < -0.4 is 19.3 Å². The minimum atomic E-state index is -4.30. The number of halogens is 3. The van der Waals surface area contributed by atoms with Gasteiger partial charge in [-0.15, -0.1) is 0 Å². The number of benzene rings is 1. The molecule has 0 radical (unpaired) electrons. The molecule has 2 saturated heterocycles. The van der Waals surface area contributed by atoms with Gasteiger partial charge in [0.2, 0.25) is 5.92 Å². The second kappa shape index (κ2) is 9.64. The van der Waals surface area contributed by atoms with E-state index < -0.39 is 39.0 Å². The molecule has 9 nitrogen and oxygen atoms in total. The van der Waals surface area contributed by atoms with Gasteiger partial charge in [-0.2, -0.15) is 21.9 Å². The summed E-state index contributed by atoms with van der Waals surface area (Å²) in [4.78, 5) is 21.1. The fourth-order valence-corrected chi connectivity index (χ4v) is 6.85. The van der Waals surface area contributed by atoms with Gasteiger partial charge >= 0.3 is 0 Å². The second-order valence-corrected chi connectivity index (χ2v) is 13.0. The summed E-state index contributed by atoms with van der Waals surface area (Å²) in [6.45, 7) is 1.79. The molecule has 2 saturated carbocycles. The van der Waals surface area contributed by atoms with Crippen molar-refractivity contribution in [2.45, 2.75) is 54.8 Å². The Balaban J connectivity index is 0.00000308. The van der Waals surface area contributed by atoms with Crippen LogP contribution in [0.25, 0.3) is 0 Å². The Hall–Kier alpha value is -2.35. The first-order chi connectivity index (χ1) is 17.9. The van der Waals surface area contributed by atoms with Crippen molar-refractivity contribution in [2.24, 2.45) is 5.41 Å². The highest BCUT2D eigenvalue weighted by atomic mass is 35.5. The number of aliphatic hydroxyl groups excluding tert-OH is 1. The summed E-state index contributed by atoms with van der Waals surface area (Å²) in [5, 5.41) is 9.83. The third-order valence-corrected chi connectivity index (χ3v) is 9.17. The molecule has 2 aliphatic carbocycles. The minimum Gasteiger partial charge on any atom is -0.475 e. The topological polar surface area (TPSA) is 112 Å². The van der Waals surface area contributed by atoms with Crippen LogP contribution in [0, 0.1) is 5.41 Å². The fourth-order valence-electron chi connectivity index (χ4n) is 5.68. The number of hydrogen-bond acceptors (Lipinski definition) is 8. The zero-order valence-electron chi connectivity index (χ0n) is 20.9. The van der Waals surface area contributed by atoms with Crippen molar-refractivity contribution in [3.8, 4) is 5.75 Å². The van der Waals surface area contributed by atoms with Gasteiger partial charge in [0, 0.05) is 68.4 Å². The lowest BCUT2D eigenvalue weighted by Crippen LogP contribution is -2.66. The van der Waals surface area contributed by atoms with E-state index in [1.165, 1.54) is 12.1 Å². The molecule has 2 aromatic rings. The number of amides is 1. The number of β-amino-alcohol motifs (C(OH)–C–C–N with tert-alkyl or cyclic N) is 1. The number of ether oxygens (including phenoxy) is 1. The highest BCUT2D eigenvalue weighted by Crippen LogP contribution is 2.58. The maximum atomic E-state index is 13.4. The average Bonchev–Trinajstić information content (AvgIpc) is 3.47. The summed E-state index contributed by atoms with van der Waals surface area (Å²) in [5.74, 6) is -2.73. The summed E-state index contributed by atoms with van der Waals surface area (Å²) in [7, 11) is -4.30. The molecule has 0 bridgehead atoms. The SMILES string of the molecule is O=C(NS(=O)(=O)c1cccc(N2CC[C@H](O)C2)n1)C1(Oc2cc(Cl)ccc2N2CC3(C2)CC(F)(F)C3)CC1.S. The molecule has 6 rings (SSSR count). The van der Waals surface area contributed by atoms with E-state index in [1.54, 1.807) is 29.2 Å². The molecule has 39 heavy (non-hydrogen) atoms. The summed E-state index contributed by atoms with van der Waals surface area (Å²) in [6.07, 6.45) is 0.379. The molecule has 212 valence electrons. The van der Waals surface area contributed by atoms with Gasteiger partial charge in [0.15, 0.2) is 10.6 Å². The summed E-state index contributed by atoms with van der Waals surface area (Å²) >= 11 is 6.19. The molecule has 2 aliphatic heterocycles. The standard InChI is InChI=1S/C25H27ClF2N4O5S.H2S/c26-16-4-5-18(32-14-23(15-32)12-25(27,28)13-23)19(10-16)37-24(7-8-24)22(34)30-38(35,36)21-3-1-2-20(29-21)31-9-6-17(33)11-31;/h1-5,10,17,33H,6-9,11-15H2,(H,30,34);1H2/t17-;/m0./s1. The lowest BCUT2D eigenvalue weighted by molar-refractivity contribution is -0.170. The molecule has 1 amide bonds. The van der Waals surface area contributed by atoms with Crippen LogP contribution in [-0.4, -0.2) is 68.2 Å². The quantitative estimate of drug-likeness (QED) is 0.497. The molecule has 1 aromatic carbocycles. The Morgan fingerprint density at radius 2 is 1.87 bits per heavy atom. The van der Waals surface area contributed by atoms with Crippen molar-refractivity contribution in [1.29, 1.82) is 0 Å². The van der Waals surface area contributed by atoms with E-state index in [-0.39, 0.29) is 31.4 Å². The molecule has 14 heteroatoms. The number of carbonyl (C=O) groups excluding carboxylic acids is 1. The molecule has 0 unspecified atom stereocenters. The van der Waals surface area contributed by atoms with E-state index >= 15 is 0 Å². The zero-order valence-corrected chi connectivity index (χ0v) is 23.4. The summed E-state index contributed by atoms with van der Waals surface area (Å²) in [6, 6.07) is 9.41.